The van der Waals surface area contributed by atoms with Crippen LogP contribution < -0.4 is 10.1 Å². The number of hydrogen-bond donors (Lipinski definition) is 1. The zero-order valence-electron chi connectivity index (χ0n) is 18.6. The summed E-state index contributed by atoms with van der Waals surface area (Å²) in [6, 6.07) is 16.5. The van der Waals surface area contributed by atoms with Crippen molar-refractivity contribution in [1.82, 2.24) is 15.1 Å². The third-order valence-corrected chi connectivity index (χ3v) is 5.28. The topological polar surface area (TPSA) is 57.2 Å². The second-order valence-corrected chi connectivity index (χ2v) is 7.72. The third-order valence-electron chi connectivity index (χ3n) is 5.28. The minimum atomic E-state index is 0. The molecule has 0 radical (unpaired) electrons. The second-order valence-electron chi connectivity index (χ2n) is 7.72. The summed E-state index contributed by atoms with van der Waals surface area (Å²) in [6.07, 6.45) is 1.65. The molecule has 1 fully saturated rings. The number of guanidine groups is 1. The Kier molecular flexibility index (Phi) is 10.1. The van der Waals surface area contributed by atoms with Gasteiger partial charge in [0.25, 0.3) is 0 Å². The Morgan fingerprint density at radius 3 is 2.61 bits per heavy atom. The van der Waals surface area contributed by atoms with Crippen LogP contribution in [0.25, 0.3) is 0 Å². The van der Waals surface area contributed by atoms with E-state index in [0.29, 0.717) is 26.1 Å². The molecule has 0 aromatic heterocycles. The molecular weight excluding hydrogens is 503 g/mol. The van der Waals surface area contributed by atoms with Crippen molar-refractivity contribution < 1.29 is 9.53 Å². The predicted octanol–water partition coefficient (Wildman–Crippen LogP) is 3.82. The van der Waals surface area contributed by atoms with Gasteiger partial charge in [-0.15, -0.1) is 24.0 Å². The summed E-state index contributed by atoms with van der Waals surface area (Å²) in [4.78, 5) is 20.2. The number of nitrogens with zero attached hydrogens (tertiary/aromatic N) is 3. The van der Waals surface area contributed by atoms with Gasteiger partial charge in [0.2, 0.25) is 5.91 Å². The molecule has 0 aliphatic carbocycles. The van der Waals surface area contributed by atoms with Gasteiger partial charge in [0.05, 0.1) is 6.54 Å². The third kappa shape index (κ3) is 7.72. The summed E-state index contributed by atoms with van der Waals surface area (Å²) >= 11 is 0. The normalized spacial score (nSPS) is 13.7. The minimum Gasteiger partial charge on any atom is -0.492 e. The molecule has 0 atom stereocenters. The molecule has 1 N–H and O–H groups in total. The molecule has 1 saturated heterocycles. The van der Waals surface area contributed by atoms with Gasteiger partial charge < -0.3 is 19.9 Å². The van der Waals surface area contributed by atoms with Crippen LogP contribution in [0.15, 0.2) is 53.5 Å². The number of aryl methyl sites for hydroxylation is 1. The molecule has 0 spiro atoms. The van der Waals surface area contributed by atoms with Gasteiger partial charge >= 0.3 is 0 Å². The second kappa shape index (κ2) is 12.5. The Labute approximate surface area is 202 Å². The lowest BCUT2D eigenvalue weighted by atomic mass is 10.1. The summed E-state index contributed by atoms with van der Waals surface area (Å²) < 4.78 is 5.82. The zero-order chi connectivity index (χ0) is 21.3. The van der Waals surface area contributed by atoms with Crippen molar-refractivity contribution >= 4 is 35.8 Å². The van der Waals surface area contributed by atoms with Crippen LogP contribution in [0.4, 0.5) is 0 Å². The molecule has 6 nitrogen and oxygen atoms in total. The highest BCUT2D eigenvalue weighted by atomic mass is 127. The maximum absolute atomic E-state index is 11.9. The molecule has 0 unspecified atom stereocenters. The van der Waals surface area contributed by atoms with E-state index in [1.807, 2.05) is 36.2 Å². The van der Waals surface area contributed by atoms with Crippen molar-refractivity contribution in [2.75, 3.05) is 33.8 Å². The number of nitrogens with one attached hydrogen (secondary N) is 1. The predicted molar refractivity (Wildman–Crippen MR) is 136 cm³/mol. The number of hydrogen-bond acceptors (Lipinski definition) is 3. The van der Waals surface area contributed by atoms with E-state index in [1.165, 1.54) is 16.7 Å². The minimum absolute atomic E-state index is 0. The molecule has 1 aliphatic heterocycles. The van der Waals surface area contributed by atoms with E-state index in [0.717, 1.165) is 31.2 Å². The van der Waals surface area contributed by atoms with Crippen molar-refractivity contribution in [2.24, 2.45) is 4.99 Å². The largest absolute Gasteiger partial charge is 0.492 e. The molecule has 7 heteroatoms. The van der Waals surface area contributed by atoms with E-state index >= 15 is 0 Å². The van der Waals surface area contributed by atoms with Gasteiger partial charge in [-0.2, -0.15) is 0 Å². The number of likely N-dealkylation sites (N-methyl/N-ethyl adjacent to an activating group) is 1. The van der Waals surface area contributed by atoms with E-state index in [4.69, 9.17) is 4.74 Å². The molecule has 1 heterocycles. The Bertz CT molecular complexity index is 870. The quantitative estimate of drug-likeness (QED) is 0.317. The summed E-state index contributed by atoms with van der Waals surface area (Å²) in [5.41, 5.74) is 3.56. The first-order chi connectivity index (χ1) is 14.5. The van der Waals surface area contributed by atoms with Gasteiger partial charge in [-0.25, -0.2) is 0 Å². The number of benzene rings is 2. The van der Waals surface area contributed by atoms with Gasteiger partial charge in [-0.3, -0.25) is 9.79 Å². The van der Waals surface area contributed by atoms with E-state index < -0.39 is 0 Å². The number of likely N-dealkylation sites (tertiary alicyclic amines) is 1. The van der Waals surface area contributed by atoms with Gasteiger partial charge in [0.1, 0.15) is 12.4 Å². The van der Waals surface area contributed by atoms with Crippen LogP contribution >= 0.6 is 24.0 Å². The lowest BCUT2D eigenvalue weighted by Gasteiger charge is -2.22. The molecule has 1 aliphatic rings. The van der Waals surface area contributed by atoms with Crippen LogP contribution in [0.1, 0.15) is 29.5 Å². The Hall–Kier alpha value is -2.29. The molecular formula is C24H33IN4O2. The van der Waals surface area contributed by atoms with Crippen molar-refractivity contribution in [2.45, 2.75) is 32.9 Å². The highest BCUT2D eigenvalue weighted by Gasteiger charge is 2.19. The zero-order valence-corrected chi connectivity index (χ0v) is 21.0. The summed E-state index contributed by atoms with van der Waals surface area (Å²) in [5.74, 6) is 1.96. The fourth-order valence-electron chi connectivity index (χ4n) is 3.54. The summed E-state index contributed by atoms with van der Waals surface area (Å²) in [7, 11) is 3.79. The average Bonchev–Trinajstić information content (AvgIpc) is 3.14. The molecule has 31 heavy (non-hydrogen) atoms. The van der Waals surface area contributed by atoms with E-state index in [9.17, 15) is 4.79 Å². The number of amides is 1. The Balaban J connectivity index is 0.00000341. The SMILES string of the molecule is CN=C(NCc1cccc(CN2CCCC2=O)c1)N(C)CCOc1ccc(C)cc1.I. The van der Waals surface area contributed by atoms with Crippen LogP contribution in [0.3, 0.4) is 0 Å². The molecule has 3 rings (SSSR count). The first-order valence-electron chi connectivity index (χ1n) is 10.5. The molecule has 2 aromatic rings. The maximum Gasteiger partial charge on any atom is 0.222 e. The lowest BCUT2D eigenvalue weighted by Crippen LogP contribution is -2.40. The van der Waals surface area contributed by atoms with Gasteiger partial charge in [0.15, 0.2) is 5.96 Å². The monoisotopic (exact) mass is 536 g/mol. The molecule has 0 bridgehead atoms. The molecule has 0 saturated carbocycles. The van der Waals surface area contributed by atoms with Gasteiger partial charge in [-0.05, 0) is 36.6 Å². The number of halogens is 1. The van der Waals surface area contributed by atoms with E-state index in [2.05, 4.69) is 46.4 Å². The average molecular weight is 536 g/mol. The smallest absolute Gasteiger partial charge is 0.222 e. The Morgan fingerprint density at radius 2 is 1.94 bits per heavy atom. The molecule has 2 aromatic carbocycles. The number of carbonyl (C=O) groups is 1. The number of carbonyl (C=O) groups excluding carboxylic acids is 1. The van der Waals surface area contributed by atoms with Crippen LogP contribution in [-0.2, 0) is 17.9 Å². The first kappa shape index (κ1) is 25.0. The van der Waals surface area contributed by atoms with E-state index in [1.54, 1.807) is 7.05 Å². The van der Waals surface area contributed by atoms with Crippen LogP contribution in [0.2, 0.25) is 0 Å². The molecule has 1 amide bonds. The highest BCUT2D eigenvalue weighted by Crippen LogP contribution is 2.15. The van der Waals surface area contributed by atoms with Gasteiger partial charge in [0, 0.05) is 40.2 Å². The summed E-state index contributed by atoms with van der Waals surface area (Å²) in [6.45, 7) is 5.61. The number of ether oxygens (including phenoxy) is 1. The summed E-state index contributed by atoms with van der Waals surface area (Å²) in [5, 5.41) is 3.41. The maximum atomic E-state index is 11.9. The van der Waals surface area contributed by atoms with Crippen molar-refractivity contribution in [3.8, 4) is 5.75 Å². The number of aliphatic imine (C=N–C) groups is 1. The fraction of sp³-hybridized carbons (Fsp3) is 0.417. The first-order valence-corrected chi connectivity index (χ1v) is 10.5. The fourth-order valence-corrected chi connectivity index (χ4v) is 3.54. The van der Waals surface area contributed by atoms with Crippen LogP contribution in [-0.4, -0.2) is 55.5 Å². The van der Waals surface area contributed by atoms with Gasteiger partial charge in [-0.1, -0.05) is 42.0 Å². The lowest BCUT2D eigenvalue weighted by molar-refractivity contribution is -0.128. The van der Waals surface area contributed by atoms with Crippen LogP contribution in [0.5, 0.6) is 5.75 Å². The number of rotatable bonds is 8. The van der Waals surface area contributed by atoms with Crippen molar-refractivity contribution in [3.63, 3.8) is 0 Å². The van der Waals surface area contributed by atoms with E-state index in [-0.39, 0.29) is 29.9 Å². The van der Waals surface area contributed by atoms with Crippen molar-refractivity contribution in [3.05, 3.63) is 65.2 Å². The Morgan fingerprint density at radius 1 is 1.19 bits per heavy atom. The highest BCUT2D eigenvalue weighted by molar-refractivity contribution is 14.0. The standard InChI is InChI=1S/C24H32N4O2.HI/c1-19-9-11-22(12-10-19)30-15-14-27(3)24(25-2)26-17-20-6-4-7-21(16-20)18-28-13-5-8-23(28)29;/h4,6-7,9-12,16H,5,8,13-15,17-18H2,1-3H3,(H,25,26);1H. The van der Waals surface area contributed by atoms with Crippen molar-refractivity contribution in [1.29, 1.82) is 0 Å². The van der Waals surface area contributed by atoms with Crippen LogP contribution in [0, 0.1) is 6.92 Å². The molecule has 168 valence electrons.